The summed E-state index contributed by atoms with van der Waals surface area (Å²) in [7, 11) is 0. The quantitative estimate of drug-likeness (QED) is 0.681. The Hall–Kier alpha value is -2.57. The summed E-state index contributed by atoms with van der Waals surface area (Å²) in [6, 6.07) is 13.9. The first kappa shape index (κ1) is 19.2. The van der Waals surface area contributed by atoms with E-state index in [9.17, 15) is 9.59 Å². The minimum absolute atomic E-state index is 0.0869. The van der Waals surface area contributed by atoms with Gasteiger partial charge in [-0.3, -0.25) is 9.59 Å². The molecule has 0 spiro atoms. The van der Waals surface area contributed by atoms with E-state index in [0.717, 1.165) is 19.4 Å². The minimum atomic E-state index is -0.189. The number of hydrogen-bond donors (Lipinski definition) is 3. The molecule has 2 amide bonds. The van der Waals surface area contributed by atoms with Crippen molar-refractivity contribution in [2.24, 2.45) is 0 Å². The Morgan fingerprint density at radius 1 is 1.11 bits per heavy atom. The van der Waals surface area contributed by atoms with Crippen molar-refractivity contribution >= 4 is 34.8 Å². The Morgan fingerprint density at radius 2 is 1.93 bits per heavy atom. The molecule has 1 heterocycles. The van der Waals surface area contributed by atoms with E-state index in [2.05, 4.69) is 16.0 Å². The van der Waals surface area contributed by atoms with E-state index < -0.39 is 0 Å². The number of nitrogens with one attached hydrogen (secondary N) is 3. The van der Waals surface area contributed by atoms with Crippen molar-refractivity contribution in [2.75, 3.05) is 30.3 Å². The molecule has 1 unspecified atom stereocenters. The van der Waals surface area contributed by atoms with E-state index in [4.69, 9.17) is 16.3 Å². The number of halogens is 1. The van der Waals surface area contributed by atoms with Crippen LogP contribution in [0.15, 0.2) is 48.5 Å². The SMILES string of the molecule is O=C(CNc1cccc(C(=O)NCC2CCCO2)c1)Nc1ccc(Cl)cc1. The van der Waals surface area contributed by atoms with Crippen LogP contribution in [0.25, 0.3) is 0 Å². The summed E-state index contributed by atoms with van der Waals surface area (Å²) in [5.41, 5.74) is 1.91. The van der Waals surface area contributed by atoms with Gasteiger partial charge in [-0.05, 0) is 55.3 Å². The number of carbonyl (C=O) groups excluding carboxylic acids is 2. The van der Waals surface area contributed by atoms with Gasteiger partial charge in [-0.15, -0.1) is 0 Å². The molecule has 1 fully saturated rings. The number of anilines is 2. The summed E-state index contributed by atoms with van der Waals surface area (Å²) in [4.78, 5) is 24.3. The summed E-state index contributed by atoms with van der Waals surface area (Å²) in [6.45, 7) is 1.36. The molecule has 7 heteroatoms. The van der Waals surface area contributed by atoms with E-state index >= 15 is 0 Å². The molecule has 1 atom stereocenters. The van der Waals surface area contributed by atoms with Crippen LogP contribution in [0, 0.1) is 0 Å². The fourth-order valence-electron chi connectivity index (χ4n) is 2.81. The average molecular weight is 388 g/mol. The van der Waals surface area contributed by atoms with Gasteiger partial charge in [0.1, 0.15) is 0 Å². The molecule has 2 aromatic carbocycles. The van der Waals surface area contributed by atoms with Gasteiger partial charge in [0, 0.05) is 35.1 Å². The van der Waals surface area contributed by atoms with Gasteiger partial charge in [-0.25, -0.2) is 0 Å². The molecular formula is C20H22ClN3O3. The molecular weight excluding hydrogens is 366 g/mol. The molecule has 0 aliphatic carbocycles. The standard InChI is InChI=1S/C20H22ClN3O3/c21-15-6-8-16(9-7-15)24-19(25)13-22-17-4-1-3-14(11-17)20(26)23-12-18-5-2-10-27-18/h1,3-4,6-9,11,18,22H,2,5,10,12-13H2,(H,23,26)(H,24,25). The largest absolute Gasteiger partial charge is 0.376 e. The van der Waals surface area contributed by atoms with Gasteiger partial charge in [0.05, 0.1) is 12.6 Å². The molecule has 1 aliphatic heterocycles. The molecule has 0 radical (unpaired) electrons. The van der Waals surface area contributed by atoms with Gasteiger partial charge in [-0.1, -0.05) is 17.7 Å². The Morgan fingerprint density at radius 3 is 2.67 bits per heavy atom. The summed E-state index contributed by atoms with van der Waals surface area (Å²) in [5.74, 6) is -0.342. The predicted molar refractivity (Wildman–Crippen MR) is 106 cm³/mol. The minimum Gasteiger partial charge on any atom is -0.376 e. The lowest BCUT2D eigenvalue weighted by Gasteiger charge is -2.12. The van der Waals surface area contributed by atoms with Gasteiger partial charge in [-0.2, -0.15) is 0 Å². The van der Waals surface area contributed by atoms with E-state index in [1.165, 1.54) is 0 Å². The molecule has 142 valence electrons. The number of hydrogen-bond acceptors (Lipinski definition) is 4. The summed E-state index contributed by atoms with van der Waals surface area (Å²) in [5, 5.41) is 9.30. The Balaban J connectivity index is 1.48. The number of ether oxygens (including phenoxy) is 1. The van der Waals surface area contributed by atoms with Gasteiger partial charge in [0.15, 0.2) is 0 Å². The molecule has 0 bridgehead atoms. The van der Waals surface area contributed by atoms with Crippen molar-refractivity contribution in [3.8, 4) is 0 Å². The number of benzene rings is 2. The third-order valence-corrected chi connectivity index (χ3v) is 4.47. The summed E-state index contributed by atoms with van der Waals surface area (Å²) >= 11 is 5.82. The molecule has 27 heavy (non-hydrogen) atoms. The first-order valence-corrected chi connectivity index (χ1v) is 9.27. The normalized spacial score (nSPS) is 16.0. The highest BCUT2D eigenvalue weighted by Crippen LogP contribution is 2.14. The maximum atomic E-state index is 12.3. The first-order chi connectivity index (χ1) is 13.1. The fraction of sp³-hybridized carbons (Fsp3) is 0.300. The van der Waals surface area contributed by atoms with E-state index in [-0.39, 0.29) is 24.5 Å². The third-order valence-electron chi connectivity index (χ3n) is 4.22. The van der Waals surface area contributed by atoms with E-state index in [1.54, 1.807) is 42.5 Å². The lowest BCUT2D eigenvalue weighted by Crippen LogP contribution is -2.31. The zero-order valence-electron chi connectivity index (χ0n) is 14.8. The Kier molecular flexibility index (Phi) is 6.68. The molecule has 1 saturated heterocycles. The second kappa shape index (κ2) is 9.39. The smallest absolute Gasteiger partial charge is 0.251 e. The van der Waals surface area contributed by atoms with Crippen molar-refractivity contribution < 1.29 is 14.3 Å². The number of carbonyl (C=O) groups is 2. The van der Waals surface area contributed by atoms with E-state index in [0.29, 0.717) is 28.5 Å². The number of amides is 2. The molecule has 2 aromatic rings. The van der Waals surface area contributed by atoms with Gasteiger partial charge in [0.2, 0.25) is 5.91 Å². The maximum absolute atomic E-state index is 12.3. The predicted octanol–water partition coefficient (Wildman–Crippen LogP) is 3.30. The van der Waals surface area contributed by atoms with E-state index in [1.807, 2.05) is 6.07 Å². The van der Waals surface area contributed by atoms with Crippen molar-refractivity contribution in [2.45, 2.75) is 18.9 Å². The van der Waals surface area contributed by atoms with Gasteiger partial charge >= 0.3 is 0 Å². The van der Waals surface area contributed by atoms with Crippen LogP contribution in [0.3, 0.4) is 0 Å². The Bertz CT molecular complexity index is 789. The number of rotatable bonds is 7. The van der Waals surface area contributed by atoms with Crippen LogP contribution >= 0.6 is 11.6 Å². The zero-order valence-corrected chi connectivity index (χ0v) is 15.6. The summed E-state index contributed by atoms with van der Waals surface area (Å²) < 4.78 is 5.50. The molecule has 3 N–H and O–H groups in total. The van der Waals surface area contributed by atoms with Crippen molar-refractivity contribution in [1.82, 2.24) is 5.32 Å². The first-order valence-electron chi connectivity index (χ1n) is 8.89. The highest BCUT2D eigenvalue weighted by atomic mass is 35.5. The zero-order chi connectivity index (χ0) is 19.1. The fourth-order valence-corrected chi connectivity index (χ4v) is 2.93. The van der Waals surface area contributed by atoms with Gasteiger partial charge < -0.3 is 20.7 Å². The second-order valence-electron chi connectivity index (χ2n) is 6.33. The second-order valence-corrected chi connectivity index (χ2v) is 6.77. The molecule has 0 aromatic heterocycles. The average Bonchev–Trinajstić information content (AvgIpc) is 3.20. The van der Waals surface area contributed by atoms with Crippen LogP contribution in [-0.4, -0.2) is 37.6 Å². The molecule has 6 nitrogen and oxygen atoms in total. The third kappa shape index (κ3) is 5.98. The van der Waals surface area contributed by atoms with Crippen molar-refractivity contribution in [1.29, 1.82) is 0 Å². The van der Waals surface area contributed by atoms with Crippen molar-refractivity contribution in [3.05, 3.63) is 59.1 Å². The molecule has 1 aliphatic rings. The maximum Gasteiger partial charge on any atom is 0.251 e. The van der Waals surface area contributed by atoms with Gasteiger partial charge in [0.25, 0.3) is 5.91 Å². The lowest BCUT2D eigenvalue weighted by molar-refractivity contribution is -0.114. The van der Waals surface area contributed by atoms with Crippen LogP contribution in [-0.2, 0) is 9.53 Å². The van der Waals surface area contributed by atoms with Crippen LogP contribution in [0.5, 0.6) is 0 Å². The van der Waals surface area contributed by atoms with Crippen LogP contribution in [0.2, 0.25) is 5.02 Å². The highest BCUT2D eigenvalue weighted by molar-refractivity contribution is 6.30. The topological polar surface area (TPSA) is 79.5 Å². The molecule has 0 saturated carbocycles. The highest BCUT2D eigenvalue weighted by Gasteiger charge is 2.16. The van der Waals surface area contributed by atoms with Crippen LogP contribution in [0.1, 0.15) is 23.2 Å². The van der Waals surface area contributed by atoms with Crippen molar-refractivity contribution in [3.63, 3.8) is 0 Å². The summed E-state index contributed by atoms with van der Waals surface area (Å²) in [6.07, 6.45) is 2.12. The van der Waals surface area contributed by atoms with Crippen LogP contribution in [0.4, 0.5) is 11.4 Å². The molecule has 3 rings (SSSR count). The monoisotopic (exact) mass is 387 g/mol. The lowest BCUT2D eigenvalue weighted by atomic mass is 10.1. The van der Waals surface area contributed by atoms with Crippen LogP contribution < -0.4 is 16.0 Å². The Labute approximate surface area is 163 Å².